The number of aryl methyl sites for hydroxylation is 3. The highest BCUT2D eigenvalue weighted by Crippen LogP contribution is 2.33. The molecule has 0 aliphatic heterocycles. The maximum Gasteiger partial charge on any atom is 0.312 e. The normalized spacial score (nSPS) is 11.5. The summed E-state index contributed by atoms with van der Waals surface area (Å²) in [5.74, 6) is -0.833. The highest BCUT2D eigenvalue weighted by atomic mass is 32.2. The van der Waals surface area contributed by atoms with Crippen molar-refractivity contribution < 1.29 is 22.4 Å². The maximum atomic E-state index is 13.4. The monoisotopic (exact) mass is 491 g/mol. The van der Waals surface area contributed by atoms with Gasteiger partial charge in [-0.1, -0.05) is 54.1 Å². The SMILES string of the molecule is Cc1ccc(-c2oc3c(C)cc(C)cc3c(=O)c2OC(=O)CCNS(=O)(=O)c2ccccc2)cc1. The summed E-state index contributed by atoms with van der Waals surface area (Å²) in [5.41, 5.74) is 3.23. The Labute approximate surface area is 203 Å². The van der Waals surface area contributed by atoms with E-state index in [2.05, 4.69) is 4.72 Å². The molecule has 4 rings (SSSR count). The molecule has 0 atom stereocenters. The quantitative estimate of drug-likeness (QED) is 0.377. The summed E-state index contributed by atoms with van der Waals surface area (Å²) in [7, 11) is -3.77. The molecule has 0 radical (unpaired) electrons. The van der Waals surface area contributed by atoms with Crippen molar-refractivity contribution in [3.05, 3.63) is 93.6 Å². The molecule has 3 aromatic carbocycles. The zero-order valence-corrected chi connectivity index (χ0v) is 20.4. The van der Waals surface area contributed by atoms with Gasteiger partial charge in [-0.15, -0.1) is 0 Å². The summed E-state index contributed by atoms with van der Waals surface area (Å²) < 4.78 is 38.7. The molecule has 0 spiro atoms. The smallest absolute Gasteiger partial charge is 0.312 e. The third-order valence-electron chi connectivity index (χ3n) is 5.48. The van der Waals surface area contributed by atoms with Gasteiger partial charge in [0.1, 0.15) is 5.58 Å². The van der Waals surface area contributed by atoms with Crippen molar-refractivity contribution in [1.82, 2.24) is 4.72 Å². The van der Waals surface area contributed by atoms with Crippen LogP contribution in [-0.4, -0.2) is 20.9 Å². The molecule has 0 saturated heterocycles. The molecule has 0 amide bonds. The number of ether oxygens (including phenoxy) is 1. The highest BCUT2D eigenvalue weighted by Gasteiger charge is 2.22. The van der Waals surface area contributed by atoms with Crippen LogP contribution in [0.3, 0.4) is 0 Å². The summed E-state index contributed by atoms with van der Waals surface area (Å²) in [4.78, 5) is 26.1. The van der Waals surface area contributed by atoms with Crippen molar-refractivity contribution in [3.8, 4) is 17.1 Å². The Morgan fingerprint density at radius 2 is 1.63 bits per heavy atom. The number of nitrogens with one attached hydrogen (secondary N) is 1. The van der Waals surface area contributed by atoms with Gasteiger partial charge in [0.2, 0.25) is 21.2 Å². The fourth-order valence-electron chi connectivity index (χ4n) is 3.76. The molecule has 0 fully saturated rings. The first kappa shape index (κ1) is 24.4. The largest absolute Gasteiger partial charge is 0.452 e. The lowest BCUT2D eigenvalue weighted by Gasteiger charge is -2.13. The fourth-order valence-corrected chi connectivity index (χ4v) is 4.81. The van der Waals surface area contributed by atoms with Gasteiger partial charge < -0.3 is 9.15 Å². The minimum absolute atomic E-state index is 0.0935. The van der Waals surface area contributed by atoms with Crippen molar-refractivity contribution in [2.75, 3.05) is 6.54 Å². The first-order valence-corrected chi connectivity index (χ1v) is 12.5. The molecule has 35 heavy (non-hydrogen) atoms. The van der Waals surface area contributed by atoms with E-state index < -0.39 is 21.4 Å². The van der Waals surface area contributed by atoms with Gasteiger partial charge in [0, 0.05) is 12.1 Å². The predicted octanol–water partition coefficient (Wildman–Crippen LogP) is 4.66. The Balaban J connectivity index is 1.64. The third kappa shape index (κ3) is 5.34. The number of carbonyl (C=O) groups is 1. The molecule has 1 aromatic heterocycles. The first-order chi connectivity index (χ1) is 16.7. The minimum Gasteiger partial charge on any atom is -0.452 e. The van der Waals surface area contributed by atoms with Crippen molar-refractivity contribution in [3.63, 3.8) is 0 Å². The second kappa shape index (κ2) is 9.85. The zero-order chi connectivity index (χ0) is 25.2. The van der Waals surface area contributed by atoms with Crippen LogP contribution in [-0.2, 0) is 14.8 Å². The predicted molar refractivity (Wildman–Crippen MR) is 134 cm³/mol. The molecule has 7 nitrogen and oxygen atoms in total. The number of sulfonamides is 1. The van der Waals surface area contributed by atoms with E-state index >= 15 is 0 Å². The molecule has 0 aliphatic rings. The van der Waals surface area contributed by atoms with E-state index in [-0.39, 0.29) is 29.4 Å². The topological polar surface area (TPSA) is 103 Å². The van der Waals surface area contributed by atoms with E-state index in [4.69, 9.17) is 9.15 Å². The lowest BCUT2D eigenvalue weighted by molar-refractivity contribution is -0.134. The average molecular weight is 492 g/mol. The second-order valence-electron chi connectivity index (χ2n) is 8.35. The van der Waals surface area contributed by atoms with Gasteiger partial charge in [-0.2, -0.15) is 0 Å². The Morgan fingerprint density at radius 1 is 0.943 bits per heavy atom. The summed E-state index contributed by atoms with van der Waals surface area (Å²) in [6, 6.07) is 18.8. The van der Waals surface area contributed by atoms with Crippen molar-refractivity contribution in [1.29, 1.82) is 0 Å². The van der Waals surface area contributed by atoms with E-state index in [9.17, 15) is 18.0 Å². The van der Waals surface area contributed by atoms with Crippen LogP contribution in [0.4, 0.5) is 0 Å². The van der Waals surface area contributed by atoms with Crippen molar-refractivity contribution in [2.45, 2.75) is 32.1 Å². The van der Waals surface area contributed by atoms with Crippen LogP contribution < -0.4 is 14.9 Å². The van der Waals surface area contributed by atoms with Crippen LogP contribution in [0.1, 0.15) is 23.1 Å². The first-order valence-electron chi connectivity index (χ1n) is 11.1. The number of esters is 1. The summed E-state index contributed by atoms with van der Waals surface area (Å²) in [6.45, 7) is 5.46. The Kier molecular flexibility index (Phi) is 6.86. The molecule has 8 heteroatoms. The van der Waals surface area contributed by atoms with Crippen LogP contribution >= 0.6 is 0 Å². The zero-order valence-electron chi connectivity index (χ0n) is 19.6. The van der Waals surface area contributed by atoms with E-state index in [0.717, 1.165) is 16.7 Å². The number of hydrogen-bond donors (Lipinski definition) is 1. The molecule has 4 aromatic rings. The molecule has 1 N–H and O–H groups in total. The number of rotatable bonds is 7. The summed E-state index contributed by atoms with van der Waals surface area (Å²) in [6.07, 6.45) is -0.274. The molecular formula is C27H25NO6S. The van der Waals surface area contributed by atoms with Crippen LogP contribution in [0.5, 0.6) is 5.75 Å². The van der Waals surface area contributed by atoms with Crippen molar-refractivity contribution in [2.24, 2.45) is 0 Å². The van der Waals surface area contributed by atoms with Gasteiger partial charge in [-0.3, -0.25) is 9.59 Å². The Hall–Kier alpha value is -3.75. The second-order valence-corrected chi connectivity index (χ2v) is 10.1. The number of benzene rings is 3. The number of carbonyl (C=O) groups excluding carboxylic acids is 1. The van der Waals surface area contributed by atoms with Crippen LogP contribution in [0.15, 0.2) is 80.8 Å². The van der Waals surface area contributed by atoms with E-state index in [1.807, 2.05) is 39.0 Å². The van der Waals surface area contributed by atoms with Crippen LogP contribution in [0, 0.1) is 20.8 Å². The van der Waals surface area contributed by atoms with Gasteiger partial charge in [-0.25, -0.2) is 13.1 Å². The summed E-state index contributed by atoms with van der Waals surface area (Å²) >= 11 is 0. The van der Waals surface area contributed by atoms with E-state index in [1.165, 1.54) is 12.1 Å². The lowest BCUT2D eigenvalue weighted by atomic mass is 10.0. The third-order valence-corrected chi connectivity index (χ3v) is 6.96. The highest BCUT2D eigenvalue weighted by molar-refractivity contribution is 7.89. The number of hydrogen-bond acceptors (Lipinski definition) is 6. The van der Waals surface area contributed by atoms with Gasteiger partial charge in [0.25, 0.3) is 0 Å². The van der Waals surface area contributed by atoms with Crippen LogP contribution in [0.25, 0.3) is 22.3 Å². The molecule has 0 bridgehead atoms. The lowest BCUT2D eigenvalue weighted by Crippen LogP contribution is -2.28. The average Bonchev–Trinajstić information content (AvgIpc) is 2.82. The van der Waals surface area contributed by atoms with Gasteiger partial charge in [0.05, 0.1) is 16.7 Å². The molecule has 0 saturated carbocycles. The fraction of sp³-hybridized carbons (Fsp3) is 0.185. The van der Waals surface area contributed by atoms with Gasteiger partial charge >= 0.3 is 5.97 Å². The Morgan fingerprint density at radius 3 is 2.31 bits per heavy atom. The molecule has 0 aliphatic carbocycles. The van der Waals surface area contributed by atoms with E-state index in [1.54, 1.807) is 36.4 Å². The van der Waals surface area contributed by atoms with Gasteiger partial charge in [0.15, 0.2) is 5.76 Å². The van der Waals surface area contributed by atoms with Crippen molar-refractivity contribution >= 4 is 27.0 Å². The van der Waals surface area contributed by atoms with Crippen LogP contribution in [0.2, 0.25) is 0 Å². The van der Waals surface area contributed by atoms with E-state index in [0.29, 0.717) is 16.5 Å². The molecular weight excluding hydrogens is 466 g/mol. The maximum absolute atomic E-state index is 13.4. The Bertz CT molecular complexity index is 1560. The molecule has 0 unspecified atom stereocenters. The standard InChI is InChI=1S/C27H25NO6S/c1-17-9-11-20(12-10-17)26-27(24(30)22-16-18(2)15-19(3)25(22)34-26)33-23(29)13-14-28-35(31,32)21-7-5-4-6-8-21/h4-12,15-16,28H,13-14H2,1-3H3. The molecule has 1 heterocycles. The minimum atomic E-state index is -3.77. The van der Waals surface area contributed by atoms with Gasteiger partial charge in [-0.05, 0) is 50.1 Å². The number of fused-ring (bicyclic) bond motifs is 1. The molecule has 180 valence electrons. The summed E-state index contributed by atoms with van der Waals surface area (Å²) in [5, 5.41) is 0.311.